The maximum atomic E-state index is 6.22. The summed E-state index contributed by atoms with van der Waals surface area (Å²) in [5.41, 5.74) is 1.83. The minimum atomic E-state index is 0.0461. The van der Waals surface area contributed by atoms with E-state index in [1.807, 2.05) is 21.0 Å². The van der Waals surface area contributed by atoms with Crippen molar-refractivity contribution < 1.29 is 0 Å². The third-order valence-corrected chi connectivity index (χ3v) is 3.26. The molecule has 0 saturated carbocycles. The summed E-state index contributed by atoms with van der Waals surface area (Å²) in [4.78, 5) is 4.15. The van der Waals surface area contributed by atoms with E-state index in [1.165, 1.54) is 6.33 Å². The quantitative estimate of drug-likeness (QED) is 0.854. The number of H-pyrrole nitrogens is 1. The Kier molecular flexibility index (Phi) is 3.44. The molecule has 2 heterocycles. The van der Waals surface area contributed by atoms with Crippen LogP contribution >= 0.6 is 11.6 Å². The predicted molar refractivity (Wildman–Crippen MR) is 64.8 cm³/mol. The Labute approximate surface area is 104 Å². The van der Waals surface area contributed by atoms with Gasteiger partial charge in [0.25, 0.3) is 0 Å². The second kappa shape index (κ2) is 4.85. The zero-order valence-electron chi connectivity index (χ0n) is 10.0. The Morgan fingerprint density at radius 1 is 1.59 bits per heavy atom. The Morgan fingerprint density at radius 2 is 2.35 bits per heavy atom. The molecule has 17 heavy (non-hydrogen) atoms. The van der Waals surface area contributed by atoms with Crippen LogP contribution in [0.2, 0.25) is 5.02 Å². The lowest BCUT2D eigenvalue weighted by Gasteiger charge is -2.13. The van der Waals surface area contributed by atoms with Gasteiger partial charge in [0.15, 0.2) is 0 Å². The van der Waals surface area contributed by atoms with Crippen molar-refractivity contribution in [1.29, 1.82) is 0 Å². The van der Waals surface area contributed by atoms with E-state index < -0.39 is 0 Å². The lowest BCUT2D eigenvalue weighted by molar-refractivity contribution is 0.536. The molecular formula is C10H15ClN6. The molecule has 7 heteroatoms. The van der Waals surface area contributed by atoms with Crippen LogP contribution in [-0.4, -0.2) is 32.0 Å². The summed E-state index contributed by atoms with van der Waals surface area (Å²) < 4.78 is 1.80. The molecular weight excluding hydrogens is 240 g/mol. The van der Waals surface area contributed by atoms with Gasteiger partial charge in [0, 0.05) is 13.5 Å². The normalized spacial score (nSPS) is 12.9. The van der Waals surface area contributed by atoms with Gasteiger partial charge in [-0.2, -0.15) is 10.2 Å². The average molecular weight is 255 g/mol. The number of nitrogens with zero attached hydrogens (tertiary/aromatic N) is 4. The van der Waals surface area contributed by atoms with Crippen molar-refractivity contribution in [2.24, 2.45) is 7.05 Å². The van der Waals surface area contributed by atoms with E-state index >= 15 is 0 Å². The van der Waals surface area contributed by atoms with Gasteiger partial charge in [0.05, 0.1) is 22.5 Å². The predicted octanol–water partition coefficient (Wildman–Crippen LogP) is 1.00. The fraction of sp³-hybridized carbons (Fsp3) is 0.500. The highest BCUT2D eigenvalue weighted by Gasteiger charge is 2.18. The Balaban J connectivity index is 2.24. The topological polar surface area (TPSA) is 71.4 Å². The minimum absolute atomic E-state index is 0.0461. The van der Waals surface area contributed by atoms with Crippen molar-refractivity contribution in [3.63, 3.8) is 0 Å². The highest BCUT2D eigenvalue weighted by atomic mass is 35.5. The summed E-state index contributed by atoms with van der Waals surface area (Å²) in [6.07, 6.45) is 2.21. The minimum Gasteiger partial charge on any atom is -0.310 e. The van der Waals surface area contributed by atoms with Crippen LogP contribution in [0.3, 0.4) is 0 Å². The zero-order chi connectivity index (χ0) is 12.4. The van der Waals surface area contributed by atoms with Crippen molar-refractivity contribution in [3.05, 3.63) is 28.6 Å². The molecule has 1 unspecified atom stereocenters. The molecule has 0 aromatic carbocycles. The fourth-order valence-electron chi connectivity index (χ4n) is 1.81. The molecule has 0 fully saturated rings. The van der Waals surface area contributed by atoms with E-state index in [0.717, 1.165) is 17.2 Å². The number of aryl methyl sites for hydroxylation is 2. The van der Waals surface area contributed by atoms with Crippen LogP contribution in [0.25, 0.3) is 0 Å². The highest BCUT2D eigenvalue weighted by Crippen LogP contribution is 2.23. The van der Waals surface area contributed by atoms with Crippen molar-refractivity contribution in [2.45, 2.75) is 19.4 Å². The molecule has 0 aliphatic heterocycles. The molecule has 2 rings (SSSR count). The summed E-state index contributed by atoms with van der Waals surface area (Å²) in [5.74, 6) is 0.794. The number of nitrogens with one attached hydrogen (secondary N) is 2. The third kappa shape index (κ3) is 2.32. The molecule has 0 spiro atoms. The Morgan fingerprint density at radius 3 is 2.82 bits per heavy atom. The monoisotopic (exact) mass is 254 g/mol. The van der Waals surface area contributed by atoms with Gasteiger partial charge in [0.2, 0.25) is 0 Å². The number of rotatable bonds is 4. The summed E-state index contributed by atoms with van der Waals surface area (Å²) in [6.45, 7) is 1.90. The second-order valence-corrected chi connectivity index (χ2v) is 4.26. The SMILES string of the molecule is CNC(Cc1c(Cl)c(C)nn1C)c1ncn[nH]1. The average Bonchev–Trinajstić information content (AvgIpc) is 2.89. The van der Waals surface area contributed by atoms with Gasteiger partial charge in [-0.15, -0.1) is 0 Å². The molecule has 2 aromatic heterocycles. The molecule has 2 aromatic rings. The Hall–Kier alpha value is -1.40. The van der Waals surface area contributed by atoms with Crippen molar-refractivity contribution in [3.8, 4) is 0 Å². The molecule has 2 N–H and O–H groups in total. The lowest BCUT2D eigenvalue weighted by Crippen LogP contribution is -2.21. The molecule has 1 atom stereocenters. The molecule has 0 amide bonds. The third-order valence-electron chi connectivity index (χ3n) is 2.77. The lowest BCUT2D eigenvalue weighted by atomic mass is 10.1. The standard InChI is InChI=1S/C10H15ClN6/c1-6-9(11)8(17(3)16-6)4-7(12-2)10-13-5-14-15-10/h5,7,12H,4H2,1-3H3,(H,13,14,15). The first-order valence-electron chi connectivity index (χ1n) is 5.34. The number of aromatic amines is 1. The van der Waals surface area contributed by atoms with Crippen molar-refractivity contribution in [1.82, 2.24) is 30.3 Å². The number of hydrogen-bond acceptors (Lipinski definition) is 4. The van der Waals surface area contributed by atoms with E-state index in [1.54, 1.807) is 4.68 Å². The Bertz CT molecular complexity index is 489. The molecule has 0 saturated heterocycles. The molecule has 0 aliphatic carbocycles. The smallest absolute Gasteiger partial charge is 0.141 e. The second-order valence-electron chi connectivity index (χ2n) is 3.89. The van der Waals surface area contributed by atoms with Crippen molar-refractivity contribution in [2.75, 3.05) is 7.05 Å². The molecule has 0 bridgehead atoms. The summed E-state index contributed by atoms with van der Waals surface area (Å²) in [6, 6.07) is 0.0461. The van der Waals surface area contributed by atoms with Crippen LogP contribution in [0.1, 0.15) is 23.3 Å². The first kappa shape index (κ1) is 12.1. The molecule has 0 radical (unpaired) electrons. The van der Waals surface area contributed by atoms with E-state index in [4.69, 9.17) is 11.6 Å². The number of hydrogen-bond donors (Lipinski definition) is 2. The highest BCUT2D eigenvalue weighted by molar-refractivity contribution is 6.31. The van der Waals surface area contributed by atoms with Crippen LogP contribution in [-0.2, 0) is 13.5 Å². The molecule has 92 valence electrons. The first-order valence-corrected chi connectivity index (χ1v) is 5.71. The van der Waals surface area contributed by atoms with Crippen LogP contribution in [0.5, 0.6) is 0 Å². The van der Waals surface area contributed by atoms with Gasteiger partial charge in [0.1, 0.15) is 12.2 Å². The van der Waals surface area contributed by atoms with Crippen LogP contribution < -0.4 is 5.32 Å². The number of aromatic nitrogens is 5. The maximum absolute atomic E-state index is 6.22. The number of likely N-dealkylation sites (N-methyl/N-ethyl adjacent to an activating group) is 1. The van der Waals surface area contributed by atoms with Crippen LogP contribution in [0, 0.1) is 6.92 Å². The van der Waals surface area contributed by atoms with Gasteiger partial charge in [-0.05, 0) is 14.0 Å². The zero-order valence-corrected chi connectivity index (χ0v) is 10.8. The summed E-state index contributed by atoms with van der Waals surface area (Å²) in [7, 11) is 3.77. The van der Waals surface area contributed by atoms with Gasteiger partial charge in [-0.3, -0.25) is 9.78 Å². The van der Waals surface area contributed by atoms with E-state index in [-0.39, 0.29) is 6.04 Å². The molecule has 6 nitrogen and oxygen atoms in total. The molecule has 0 aliphatic rings. The maximum Gasteiger partial charge on any atom is 0.141 e. The van der Waals surface area contributed by atoms with Crippen LogP contribution in [0.4, 0.5) is 0 Å². The van der Waals surface area contributed by atoms with Gasteiger partial charge < -0.3 is 5.32 Å². The van der Waals surface area contributed by atoms with E-state index in [9.17, 15) is 0 Å². The largest absolute Gasteiger partial charge is 0.310 e. The van der Waals surface area contributed by atoms with Gasteiger partial charge in [-0.1, -0.05) is 11.6 Å². The first-order chi connectivity index (χ1) is 8.13. The van der Waals surface area contributed by atoms with Crippen molar-refractivity contribution >= 4 is 11.6 Å². The van der Waals surface area contributed by atoms with Gasteiger partial charge >= 0.3 is 0 Å². The van der Waals surface area contributed by atoms with Gasteiger partial charge in [-0.25, -0.2) is 4.98 Å². The van der Waals surface area contributed by atoms with Crippen LogP contribution in [0.15, 0.2) is 6.33 Å². The van der Waals surface area contributed by atoms with E-state index in [2.05, 4.69) is 25.6 Å². The number of halogens is 1. The van der Waals surface area contributed by atoms with E-state index in [0.29, 0.717) is 11.4 Å². The summed E-state index contributed by atoms with van der Waals surface area (Å²) >= 11 is 6.22. The summed E-state index contributed by atoms with van der Waals surface area (Å²) in [5, 5.41) is 14.9. The fourth-order valence-corrected chi connectivity index (χ4v) is 2.05.